The van der Waals surface area contributed by atoms with Gasteiger partial charge in [-0.05, 0) is 12.1 Å². The third-order valence-electron chi connectivity index (χ3n) is 3.07. The summed E-state index contributed by atoms with van der Waals surface area (Å²) < 4.78 is 25.6. The molecule has 1 N–H and O–H groups in total. The molecule has 0 aromatic carbocycles. The third-order valence-corrected chi connectivity index (χ3v) is 4.67. The molecule has 0 saturated carbocycles. The molecule has 0 unspecified atom stereocenters. The van der Waals surface area contributed by atoms with Crippen LogP contribution in [0, 0.1) is 0 Å². The molecule has 22 heavy (non-hydrogen) atoms. The zero-order chi connectivity index (χ0) is 15.9. The van der Waals surface area contributed by atoms with Crippen LogP contribution in [0.2, 0.25) is 0 Å². The molecule has 3 aromatic heterocycles. The Morgan fingerprint density at radius 1 is 1.27 bits per heavy atom. The fourth-order valence-electron chi connectivity index (χ4n) is 1.87. The lowest BCUT2D eigenvalue weighted by Gasteiger charge is -2.09. The van der Waals surface area contributed by atoms with Gasteiger partial charge in [0.1, 0.15) is 5.69 Å². The van der Waals surface area contributed by atoms with Gasteiger partial charge in [-0.1, -0.05) is 0 Å². The van der Waals surface area contributed by atoms with E-state index in [9.17, 15) is 13.2 Å². The third kappa shape index (κ3) is 2.27. The summed E-state index contributed by atoms with van der Waals surface area (Å²) in [7, 11) is -0.970. The second-order valence-electron chi connectivity index (χ2n) is 4.73. The van der Waals surface area contributed by atoms with Crippen molar-refractivity contribution in [2.24, 2.45) is 0 Å². The number of hydrogen-bond acceptors (Lipinski definition) is 6. The molecule has 3 rings (SSSR count). The molecule has 3 aromatic rings. The number of carbonyl (C=O) groups excluding carboxylic acids is 1. The van der Waals surface area contributed by atoms with Gasteiger partial charge in [-0.15, -0.1) is 0 Å². The molecule has 0 spiro atoms. The molecule has 0 aliphatic carbocycles. The van der Waals surface area contributed by atoms with Crippen molar-refractivity contribution in [2.75, 3.05) is 14.1 Å². The molecule has 0 bridgehead atoms. The van der Waals surface area contributed by atoms with E-state index in [1.807, 2.05) is 0 Å². The maximum atomic E-state index is 12.4. The highest BCUT2D eigenvalue weighted by molar-refractivity contribution is 7.87. The molecule has 0 amide bonds. The van der Waals surface area contributed by atoms with Crippen molar-refractivity contribution >= 4 is 26.9 Å². The van der Waals surface area contributed by atoms with Crippen molar-refractivity contribution in [3.05, 3.63) is 42.1 Å². The topological polar surface area (TPSA) is 114 Å². The average Bonchev–Trinajstić information content (AvgIpc) is 3.13. The van der Waals surface area contributed by atoms with Gasteiger partial charge in [0.15, 0.2) is 0 Å². The maximum Gasteiger partial charge on any atom is 0.322 e. The zero-order valence-corrected chi connectivity index (χ0v) is 12.6. The predicted octanol–water partition coefficient (Wildman–Crippen LogP) is 0.0399. The number of carbonyl (C=O) groups is 1. The lowest BCUT2D eigenvalue weighted by atomic mass is 10.2. The van der Waals surface area contributed by atoms with Crippen LogP contribution in [0.1, 0.15) is 16.2 Å². The number of nitrogens with one attached hydrogen (secondary N) is 1. The van der Waals surface area contributed by atoms with Crippen molar-refractivity contribution in [3.63, 3.8) is 0 Å². The van der Waals surface area contributed by atoms with Gasteiger partial charge >= 0.3 is 10.2 Å². The van der Waals surface area contributed by atoms with E-state index < -0.39 is 16.0 Å². The summed E-state index contributed by atoms with van der Waals surface area (Å²) in [4.78, 5) is 15.3. The molecule has 0 aliphatic rings. The normalized spacial score (nSPS) is 12.1. The van der Waals surface area contributed by atoms with Crippen molar-refractivity contribution in [1.29, 1.82) is 0 Å². The van der Waals surface area contributed by atoms with E-state index in [1.165, 1.54) is 38.8 Å². The zero-order valence-electron chi connectivity index (χ0n) is 11.8. The largest absolute Gasteiger partial charge is 0.350 e. The van der Waals surface area contributed by atoms with E-state index in [0.29, 0.717) is 5.52 Å². The first-order valence-electron chi connectivity index (χ1n) is 6.22. The number of rotatable bonds is 4. The van der Waals surface area contributed by atoms with E-state index in [2.05, 4.69) is 20.3 Å². The van der Waals surface area contributed by atoms with Crippen LogP contribution >= 0.6 is 0 Å². The summed E-state index contributed by atoms with van der Waals surface area (Å²) in [5.41, 5.74) is 0.980. The summed E-state index contributed by atoms with van der Waals surface area (Å²) in [5, 5.41) is 12.0. The van der Waals surface area contributed by atoms with Crippen LogP contribution in [0.25, 0.3) is 10.9 Å². The van der Waals surface area contributed by atoms with Crippen molar-refractivity contribution in [3.8, 4) is 0 Å². The SMILES string of the molecule is CN(C)S(=O)(=O)n1ccc(C(=O)c2cc3cnncc3[nH]2)n1. The second-order valence-corrected chi connectivity index (χ2v) is 6.73. The molecule has 3 heterocycles. The van der Waals surface area contributed by atoms with Gasteiger partial charge in [0.2, 0.25) is 5.78 Å². The fourth-order valence-corrected chi connectivity index (χ4v) is 2.61. The van der Waals surface area contributed by atoms with Gasteiger partial charge in [0.05, 0.1) is 23.6 Å². The average molecular weight is 320 g/mol. The van der Waals surface area contributed by atoms with E-state index in [4.69, 9.17) is 0 Å². The van der Waals surface area contributed by atoms with Crippen molar-refractivity contribution in [2.45, 2.75) is 0 Å². The Balaban J connectivity index is 1.98. The number of aromatic amines is 1. The van der Waals surface area contributed by atoms with Crippen LogP contribution in [0.3, 0.4) is 0 Å². The minimum atomic E-state index is -3.74. The Hall–Kier alpha value is -2.59. The monoisotopic (exact) mass is 320 g/mol. The molecule has 0 saturated heterocycles. The van der Waals surface area contributed by atoms with E-state index in [-0.39, 0.29) is 11.4 Å². The van der Waals surface area contributed by atoms with Crippen LogP contribution in [-0.2, 0) is 10.2 Å². The molecule has 0 atom stereocenters. The quantitative estimate of drug-likeness (QED) is 0.679. The number of ketones is 1. The lowest BCUT2D eigenvalue weighted by molar-refractivity contribution is 0.103. The number of aromatic nitrogens is 5. The van der Waals surface area contributed by atoms with Crippen molar-refractivity contribution in [1.82, 2.24) is 28.7 Å². The van der Waals surface area contributed by atoms with Gasteiger partial charge in [-0.3, -0.25) is 4.79 Å². The van der Waals surface area contributed by atoms with Crippen LogP contribution in [0.5, 0.6) is 0 Å². The van der Waals surface area contributed by atoms with Crippen LogP contribution in [0.15, 0.2) is 30.7 Å². The van der Waals surface area contributed by atoms with E-state index in [0.717, 1.165) is 13.8 Å². The standard InChI is InChI=1S/C12H12N6O3S/c1-17(2)22(20,21)18-4-3-9(16-18)12(19)10-5-8-6-13-14-7-11(8)15-10/h3-7,15H,1-2H3. The molecule has 9 nitrogen and oxygen atoms in total. The predicted molar refractivity (Wildman–Crippen MR) is 77.6 cm³/mol. The highest BCUT2D eigenvalue weighted by Gasteiger charge is 2.21. The highest BCUT2D eigenvalue weighted by Crippen LogP contribution is 2.15. The van der Waals surface area contributed by atoms with Gasteiger partial charge in [0, 0.05) is 25.7 Å². The summed E-state index contributed by atoms with van der Waals surface area (Å²) >= 11 is 0. The van der Waals surface area contributed by atoms with Gasteiger partial charge in [0.25, 0.3) is 0 Å². The van der Waals surface area contributed by atoms with Crippen LogP contribution in [-0.4, -0.2) is 57.0 Å². The first kappa shape index (κ1) is 14.4. The number of fused-ring (bicyclic) bond motifs is 1. The Kier molecular flexibility index (Phi) is 3.26. The number of H-pyrrole nitrogens is 1. The minimum Gasteiger partial charge on any atom is -0.350 e. The van der Waals surface area contributed by atoms with Crippen LogP contribution < -0.4 is 0 Å². The van der Waals surface area contributed by atoms with Crippen molar-refractivity contribution < 1.29 is 13.2 Å². The van der Waals surface area contributed by atoms with E-state index in [1.54, 1.807) is 6.07 Å². The Bertz CT molecular complexity index is 923. The molecular weight excluding hydrogens is 308 g/mol. The minimum absolute atomic E-state index is 0.0258. The van der Waals surface area contributed by atoms with Gasteiger partial charge in [-0.2, -0.15) is 32.1 Å². The number of hydrogen-bond donors (Lipinski definition) is 1. The maximum absolute atomic E-state index is 12.4. The molecule has 114 valence electrons. The summed E-state index contributed by atoms with van der Waals surface area (Å²) in [5.74, 6) is -0.413. The first-order valence-corrected chi connectivity index (χ1v) is 7.62. The highest BCUT2D eigenvalue weighted by atomic mass is 32.2. The fraction of sp³-hybridized carbons (Fsp3) is 0.167. The first-order chi connectivity index (χ1) is 10.4. The summed E-state index contributed by atoms with van der Waals surface area (Å²) in [6, 6.07) is 2.97. The number of nitrogens with zero attached hydrogens (tertiary/aromatic N) is 5. The smallest absolute Gasteiger partial charge is 0.322 e. The van der Waals surface area contributed by atoms with E-state index >= 15 is 0 Å². The van der Waals surface area contributed by atoms with Gasteiger partial charge < -0.3 is 4.98 Å². The molecule has 0 radical (unpaired) electrons. The van der Waals surface area contributed by atoms with Crippen LogP contribution in [0.4, 0.5) is 0 Å². The lowest BCUT2D eigenvalue weighted by Crippen LogP contribution is -2.29. The Labute approximate surface area is 125 Å². The Morgan fingerprint density at radius 2 is 2.00 bits per heavy atom. The second kappa shape index (κ2) is 5.00. The molecule has 10 heteroatoms. The van der Waals surface area contributed by atoms with Gasteiger partial charge in [-0.25, -0.2) is 0 Å². The molecular formula is C12H12N6O3S. The summed E-state index contributed by atoms with van der Waals surface area (Å²) in [6.45, 7) is 0. The molecule has 0 aliphatic heterocycles. The molecule has 0 fully saturated rings. The summed E-state index contributed by atoms with van der Waals surface area (Å²) in [6.07, 6.45) is 4.26. The Morgan fingerprint density at radius 3 is 2.68 bits per heavy atom.